The normalized spacial score (nSPS) is 6.00. The molecule has 0 saturated heterocycles. The van der Waals surface area contributed by atoms with E-state index in [0.717, 1.165) is 0 Å². The summed E-state index contributed by atoms with van der Waals surface area (Å²) < 4.78 is 0. The molecule has 40 valence electrons. The van der Waals surface area contributed by atoms with Crippen molar-refractivity contribution in [2.45, 2.75) is 40.5 Å². The van der Waals surface area contributed by atoms with Crippen LogP contribution in [-0.4, -0.2) is 0 Å². The van der Waals surface area contributed by atoms with Gasteiger partial charge in [-0.05, 0) is 0 Å². The van der Waals surface area contributed by atoms with E-state index in [1.54, 1.807) is 0 Å². The van der Waals surface area contributed by atoms with E-state index in [-0.39, 0.29) is 0 Å². The summed E-state index contributed by atoms with van der Waals surface area (Å²) >= 11 is 0. The summed E-state index contributed by atoms with van der Waals surface area (Å²) in [5.41, 5.74) is 0. The van der Waals surface area contributed by atoms with Gasteiger partial charge < -0.3 is 0 Å². The summed E-state index contributed by atoms with van der Waals surface area (Å²) in [5.74, 6) is 0. The SMILES string of the molecule is CC.CCCC. The van der Waals surface area contributed by atoms with Crippen LogP contribution in [0.15, 0.2) is 0 Å². The van der Waals surface area contributed by atoms with Gasteiger partial charge in [0, 0.05) is 0 Å². The highest BCUT2D eigenvalue weighted by molar-refractivity contribution is 4.12. The Morgan fingerprint density at radius 3 is 1.00 bits per heavy atom. The fourth-order valence-electron chi connectivity index (χ4n) is 0. The minimum Gasteiger partial charge on any atom is -0.0683 e. The standard InChI is InChI=1S/C4H10.C2H6/c1-3-4-2;1-2/h3-4H2,1-2H3;1-2H3. The average molecular weight is 88.2 g/mol. The van der Waals surface area contributed by atoms with Gasteiger partial charge in [-0.1, -0.05) is 40.5 Å². The van der Waals surface area contributed by atoms with Crippen molar-refractivity contribution in [3.05, 3.63) is 0 Å². The van der Waals surface area contributed by atoms with Crippen molar-refractivity contribution in [1.29, 1.82) is 0 Å². The summed E-state index contributed by atoms with van der Waals surface area (Å²) in [6, 6.07) is 0. The highest BCUT2D eigenvalue weighted by atomic mass is 13.6. The van der Waals surface area contributed by atoms with Crippen LogP contribution in [0.3, 0.4) is 0 Å². The third-order valence-corrected chi connectivity index (χ3v) is 0.500. The van der Waals surface area contributed by atoms with Gasteiger partial charge in [0.05, 0.1) is 0 Å². The molecule has 0 unspecified atom stereocenters. The van der Waals surface area contributed by atoms with Crippen LogP contribution >= 0.6 is 0 Å². The molecular formula is C6H16. The smallest absolute Gasteiger partial charge is 0.0564 e. The van der Waals surface area contributed by atoms with Gasteiger partial charge in [-0.2, -0.15) is 0 Å². The molecule has 0 amide bonds. The van der Waals surface area contributed by atoms with E-state index in [0.29, 0.717) is 0 Å². The number of hydrogen-bond acceptors (Lipinski definition) is 0. The lowest BCUT2D eigenvalue weighted by molar-refractivity contribution is 0.886. The molecule has 0 rings (SSSR count). The first kappa shape index (κ1) is 9.38. The number of rotatable bonds is 1. The van der Waals surface area contributed by atoms with Crippen LogP contribution in [0, 0.1) is 0 Å². The lowest BCUT2D eigenvalue weighted by atomic mass is 10.4. The lowest BCUT2D eigenvalue weighted by Crippen LogP contribution is -1.47. The highest BCUT2D eigenvalue weighted by Gasteiger charge is 1.56. The van der Waals surface area contributed by atoms with E-state index in [1.165, 1.54) is 12.8 Å². The molecule has 0 aliphatic carbocycles. The van der Waals surface area contributed by atoms with Crippen LogP contribution in [0.25, 0.3) is 0 Å². The van der Waals surface area contributed by atoms with Gasteiger partial charge in [0.15, 0.2) is 0 Å². The number of unbranched alkanes of at least 4 members (excludes halogenated alkanes) is 1. The molecule has 0 saturated carbocycles. The topological polar surface area (TPSA) is 0 Å². The summed E-state index contributed by atoms with van der Waals surface area (Å²) in [6.07, 6.45) is 2.64. The predicted octanol–water partition coefficient (Wildman–Crippen LogP) is 2.83. The van der Waals surface area contributed by atoms with Gasteiger partial charge in [0.25, 0.3) is 0 Å². The Balaban J connectivity index is 0. The first-order chi connectivity index (χ1) is 2.91. The molecule has 0 radical (unpaired) electrons. The second-order valence-electron chi connectivity index (χ2n) is 1.000. The first-order valence-corrected chi connectivity index (χ1v) is 2.91. The van der Waals surface area contributed by atoms with E-state index in [2.05, 4.69) is 13.8 Å². The van der Waals surface area contributed by atoms with E-state index < -0.39 is 0 Å². The van der Waals surface area contributed by atoms with Crippen molar-refractivity contribution >= 4 is 0 Å². The Hall–Kier alpha value is 0. The van der Waals surface area contributed by atoms with Crippen LogP contribution in [0.2, 0.25) is 0 Å². The van der Waals surface area contributed by atoms with Gasteiger partial charge >= 0.3 is 0 Å². The van der Waals surface area contributed by atoms with Crippen LogP contribution in [0.5, 0.6) is 0 Å². The maximum absolute atomic E-state index is 2.18. The molecule has 0 heterocycles. The van der Waals surface area contributed by atoms with Gasteiger partial charge in [-0.15, -0.1) is 0 Å². The predicted molar refractivity (Wildman–Crippen MR) is 31.9 cm³/mol. The quantitative estimate of drug-likeness (QED) is 0.462. The zero-order valence-corrected chi connectivity index (χ0v) is 5.41. The van der Waals surface area contributed by atoms with E-state index in [1.807, 2.05) is 13.8 Å². The zero-order valence-electron chi connectivity index (χ0n) is 5.41. The van der Waals surface area contributed by atoms with Crippen LogP contribution in [0.1, 0.15) is 40.5 Å². The molecule has 0 spiro atoms. The van der Waals surface area contributed by atoms with Crippen molar-refractivity contribution in [1.82, 2.24) is 0 Å². The second kappa shape index (κ2) is 20.0. The third kappa shape index (κ3) is 36.0. The Kier molecular flexibility index (Phi) is 31.2. The van der Waals surface area contributed by atoms with Gasteiger partial charge in [0.2, 0.25) is 0 Å². The van der Waals surface area contributed by atoms with Crippen molar-refractivity contribution in [3.8, 4) is 0 Å². The van der Waals surface area contributed by atoms with Crippen LogP contribution in [0.4, 0.5) is 0 Å². The first-order valence-electron chi connectivity index (χ1n) is 2.91. The molecule has 0 heteroatoms. The Morgan fingerprint density at radius 2 is 1.00 bits per heavy atom. The zero-order chi connectivity index (χ0) is 5.41. The largest absolute Gasteiger partial charge is 0.0683 e. The molecule has 0 bridgehead atoms. The fourth-order valence-corrected chi connectivity index (χ4v) is 0. The monoisotopic (exact) mass is 88.1 g/mol. The molecule has 0 N–H and O–H groups in total. The lowest BCUT2D eigenvalue weighted by Gasteiger charge is -1.68. The molecule has 0 fully saturated rings. The Morgan fingerprint density at radius 1 is 0.833 bits per heavy atom. The van der Waals surface area contributed by atoms with Crippen LogP contribution < -0.4 is 0 Å². The van der Waals surface area contributed by atoms with E-state index in [9.17, 15) is 0 Å². The van der Waals surface area contributed by atoms with Crippen molar-refractivity contribution in [2.75, 3.05) is 0 Å². The maximum atomic E-state index is 2.18. The number of hydrogen-bond donors (Lipinski definition) is 0. The second-order valence-corrected chi connectivity index (χ2v) is 1.000. The summed E-state index contributed by atoms with van der Waals surface area (Å²) in [4.78, 5) is 0. The molecule has 0 atom stereocenters. The minimum absolute atomic E-state index is 1.32. The molecule has 0 aromatic carbocycles. The van der Waals surface area contributed by atoms with Crippen LogP contribution in [-0.2, 0) is 0 Å². The van der Waals surface area contributed by atoms with Gasteiger partial charge in [-0.25, -0.2) is 0 Å². The Bertz CT molecular complexity index is 2.00. The molecular weight excluding hydrogens is 72.1 g/mol. The molecule has 6 heavy (non-hydrogen) atoms. The average Bonchev–Trinajstić information content (AvgIpc) is 1.72. The highest BCUT2D eigenvalue weighted by Crippen LogP contribution is 1.76. The van der Waals surface area contributed by atoms with Crippen molar-refractivity contribution in [3.63, 3.8) is 0 Å². The summed E-state index contributed by atoms with van der Waals surface area (Å²) in [6.45, 7) is 8.36. The summed E-state index contributed by atoms with van der Waals surface area (Å²) in [5, 5.41) is 0. The summed E-state index contributed by atoms with van der Waals surface area (Å²) in [7, 11) is 0. The molecule has 0 aromatic heterocycles. The van der Waals surface area contributed by atoms with Gasteiger partial charge in [-0.3, -0.25) is 0 Å². The molecule has 0 nitrogen and oxygen atoms in total. The Labute approximate surface area is 41.6 Å². The van der Waals surface area contributed by atoms with Crippen molar-refractivity contribution in [2.24, 2.45) is 0 Å². The molecule has 0 aliphatic rings. The maximum Gasteiger partial charge on any atom is -0.0564 e. The van der Waals surface area contributed by atoms with E-state index >= 15 is 0 Å². The third-order valence-electron chi connectivity index (χ3n) is 0.500. The van der Waals surface area contributed by atoms with Crippen molar-refractivity contribution < 1.29 is 0 Å². The van der Waals surface area contributed by atoms with Gasteiger partial charge in [0.1, 0.15) is 0 Å². The fraction of sp³-hybridized carbons (Fsp3) is 1.00. The molecule has 0 aromatic rings. The molecule has 0 aliphatic heterocycles. The minimum atomic E-state index is 1.32. The van der Waals surface area contributed by atoms with E-state index in [4.69, 9.17) is 0 Å².